The molecule has 5 N–H and O–H groups in total. The zero-order chi connectivity index (χ0) is 29.5. The van der Waals surface area contributed by atoms with Crippen LogP contribution in [0.1, 0.15) is 33.3 Å². The number of aromatic nitrogens is 2. The van der Waals surface area contributed by atoms with Crippen LogP contribution in [0, 0.1) is 23.7 Å². The lowest BCUT2D eigenvalue weighted by molar-refractivity contribution is -0.137. The van der Waals surface area contributed by atoms with Gasteiger partial charge in [0.25, 0.3) is 0 Å². The second kappa shape index (κ2) is 11.5. The molecule has 222 valence electrons. The summed E-state index contributed by atoms with van der Waals surface area (Å²) >= 11 is 0. The maximum atomic E-state index is 12.8. The number of hydrogen-bond acceptors (Lipinski definition) is 7. The fraction of sp³-hybridized carbons (Fsp3) is 0.600. The quantitative estimate of drug-likeness (QED) is 0.439. The third kappa shape index (κ3) is 6.32. The van der Waals surface area contributed by atoms with Gasteiger partial charge in [-0.15, -0.1) is 0 Å². The van der Waals surface area contributed by atoms with Crippen molar-refractivity contribution < 1.29 is 9.59 Å². The molecule has 4 atom stereocenters. The Morgan fingerprint density at radius 1 is 1.02 bits per heavy atom. The first-order valence-electron chi connectivity index (χ1n) is 14.7. The van der Waals surface area contributed by atoms with E-state index in [2.05, 4.69) is 41.2 Å². The molecule has 5 rings (SSSR count). The van der Waals surface area contributed by atoms with Crippen LogP contribution < -0.4 is 22.5 Å². The summed E-state index contributed by atoms with van der Waals surface area (Å²) in [6, 6.07) is 9.81. The van der Waals surface area contributed by atoms with Crippen LogP contribution in [0.4, 0.5) is 10.6 Å². The van der Waals surface area contributed by atoms with E-state index in [1.807, 2.05) is 12.1 Å². The van der Waals surface area contributed by atoms with Gasteiger partial charge in [-0.05, 0) is 74.2 Å². The van der Waals surface area contributed by atoms with Crippen molar-refractivity contribution in [2.45, 2.75) is 45.7 Å². The van der Waals surface area contributed by atoms with E-state index in [0.717, 1.165) is 49.5 Å². The zero-order valence-corrected chi connectivity index (χ0v) is 24.6. The number of amides is 3. The molecule has 11 heteroatoms. The van der Waals surface area contributed by atoms with E-state index >= 15 is 0 Å². The molecular weight excluding hydrogens is 520 g/mol. The highest BCUT2D eigenvalue weighted by atomic mass is 16.2. The predicted octanol–water partition coefficient (Wildman–Crippen LogP) is 1.35. The van der Waals surface area contributed by atoms with Gasteiger partial charge in [0.1, 0.15) is 5.82 Å². The predicted molar refractivity (Wildman–Crippen MR) is 159 cm³/mol. The van der Waals surface area contributed by atoms with E-state index in [0.29, 0.717) is 38.1 Å². The molecule has 3 fully saturated rings. The van der Waals surface area contributed by atoms with Crippen molar-refractivity contribution in [1.29, 1.82) is 0 Å². The number of piperazine rings is 1. The van der Waals surface area contributed by atoms with Crippen molar-refractivity contribution in [2.75, 3.05) is 51.1 Å². The summed E-state index contributed by atoms with van der Waals surface area (Å²) < 4.78 is 1.47. The van der Waals surface area contributed by atoms with E-state index < -0.39 is 11.2 Å². The molecule has 2 aliphatic heterocycles. The maximum absolute atomic E-state index is 12.8. The molecule has 1 aromatic carbocycles. The van der Waals surface area contributed by atoms with Crippen molar-refractivity contribution in [3.05, 3.63) is 52.6 Å². The summed E-state index contributed by atoms with van der Waals surface area (Å²) in [5, 5.41) is 2.71. The summed E-state index contributed by atoms with van der Waals surface area (Å²) in [7, 11) is 0. The normalized spacial score (nSPS) is 23.4. The van der Waals surface area contributed by atoms with Gasteiger partial charge in [-0.25, -0.2) is 9.59 Å². The topological polar surface area (TPSA) is 143 Å². The molecule has 1 aliphatic carbocycles. The number of urea groups is 1. The first-order chi connectivity index (χ1) is 19.5. The van der Waals surface area contributed by atoms with Gasteiger partial charge < -0.3 is 21.3 Å². The highest BCUT2D eigenvalue weighted by Gasteiger charge is 2.55. The highest BCUT2D eigenvalue weighted by molar-refractivity contribution is 5.89. The summed E-state index contributed by atoms with van der Waals surface area (Å²) in [4.78, 5) is 48.0. The second-order valence-corrected chi connectivity index (χ2v) is 12.8. The molecule has 2 aromatic rings. The van der Waals surface area contributed by atoms with Crippen LogP contribution in [-0.4, -0.2) is 93.6 Å². The van der Waals surface area contributed by atoms with Gasteiger partial charge in [0.15, 0.2) is 0 Å². The smallest absolute Gasteiger partial charge is 0.338 e. The average Bonchev–Trinajstić information content (AvgIpc) is 3.41. The third-order valence-corrected chi connectivity index (χ3v) is 9.01. The van der Waals surface area contributed by atoms with Gasteiger partial charge in [0.2, 0.25) is 5.91 Å². The molecule has 2 saturated heterocycles. The Kier molecular flexibility index (Phi) is 8.22. The van der Waals surface area contributed by atoms with Crippen LogP contribution in [0.25, 0.3) is 5.69 Å². The molecule has 1 saturated carbocycles. The number of nitrogens with two attached hydrogens (primary N) is 2. The van der Waals surface area contributed by atoms with E-state index in [9.17, 15) is 14.4 Å². The van der Waals surface area contributed by atoms with Gasteiger partial charge in [0, 0.05) is 51.5 Å². The standard InChI is InChI=1S/C30H44N8O3/c1-19(2)25(37-17-23-22(16-31)24(23)18-37)15-20-5-7-21(8-6-20)38-10-9-26(34-29(38)41)33-28(40)36-13-11-35(12-14-36)27(39)30(3,4)32/h5-10,19,22-25H,11-18,31-32H2,1-4H3,(H,33,34,40,41)/t22?,23-,24+,25?. The van der Waals surface area contributed by atoms with Crippen LogP contribution in [0.15, 0.2) is 41.3 Å². The number of carbonyl (C=O) groups excluding carboxylic acids is 2. The molecule has 2 unspecified atom stereocenters. The third-order valence-electron chi connectivity index (χ3n) is 9.01. The molecule has 0 radical (unpaired) electrons. The Balaban J connectivity index is 1.16. The fourth-order valence-electron chi connectivity index (χ4n) is 6.50. The minimum atomic E-state index is -0.946. The van der Waals surface area contributed by atoms with E-state index in [1.165, 1.54) is 10.1 Å². The van der Waals surface area contributed by atoms with Crippen LogP contribution in [0.2, 0.25) is 0 Å². The summed E-state index contributed by atoms with van der Waals surface area (Å²) in [6.07, 6.45) is 2.59. The number of piperidine rings is 1. The molecule has 0 spiro atoms. The van der Waals surface area contributed by atoms with E-state index in [4.69, 9.17) is 11.5 Å². The Hall–Kier alpha value is -3.28. The van der Waals surface area contributed by atoms with Gasteiger partial charge in [0.05, 0.1) is 11.2 Å². The number of nitrogens with one attached hydrogen (secondary N) is 1. The molecule has 3 amide bonds. The van der Waals surface area contributed by atoms with Crippen LogP contribution in [0.5, 0.6) is 0 Å². The first kappa shape index (κ1) is 29.2. The summed E-state index contributed by atoms with van der Waals surface area (Å²) in [6.45, 7) is 12.6. The number of nitrogens with zero attached hydrogens (tertiary/aromatic N) is 5. The number of rotatable bonds is 8. The Morgan fingerprint density at radius 3 is 2.17 bits per heavy atom. The molecule has 3 heterocycles. The van der Waals surface area contributed by atoms with Gasteiger partial charge in [-0.1, -0.05) is 26.0 Å². The minimum absolute atomic E-state index is 0.139. The number of benzene rings is 1. The SMILES string of the molecule is CC(C)C(Cc1ccc(-n2ccc(NC(=O)N3CCN(C(=O)C(C)(C)N)CC3)nc2=O)cc1)N1C[C@@H]2C(CN)[C@@H]2C1. The lowest BCUT2D eigenvalue weighted by Gasteiger charge is -2.37. The van der Waals surface area contributed by atoms with E-state index in [1.54, 1.807) is 35.9 Å². The van der Waals surface area contributed by atoms with Crippen molar-refractivity contribution in [2.24, 2.45) is 35.1 Å². The molecule has 1 aromatic heterocycles. The number of fused-ring (bicyclic) bond motifs is 1. The van der Waals surface area contributed by atoms with Crippen molar-refractivity contribution in [3.63, 3.8) is 0 Å². The lowest BCUT2D eigenvalue weighted by atomic mass is 9.94. The average molecular weight is 565 g/mol. The number of carbonyl (C=O) groups is 2. The molecule has 11 nitrogen and oxygen atoms in total. The Labute approximate surface area is 241 Å². The maximum Gasteiger partial charge on any atom is 0.354 e. The zero-order valence-electron chi connectivity index (χ0n) is 24.6. The Morgan fingerprint density at radius 2 is 1.63 bits per heavy atom. The van der Waals surface area contributed by atoms with Gasteiger partial charge in [-0.3, -0.25) is 19.6 Å². The first-order valence-corrected chi connectivity index (χ1v) is 14.7. The number of anilines is 1. The number of hydrogen-bond donors (Lipinski definition) is 3. The fourth-order valence-corrected chi connectivity index (χ4v) is 6.50. The van der Waals surface area contributed by atoms with E-state index in [-0.39, 0.29) is 17.8 Å². The Bertz CT molecular complexity index is 1300. The monoisotopic (exact) mass is 564 g/mol. The second-order valence-electron chi connectivity index (χ2n) is 12.8. The number of likely N-dealkylation sites (tertiary alicyclic amines) is 1. The summed E-state index contributed by atoms with van der Waals surface area (Å²) in [5.74, 6) is 2.88. The van der Waals surface area contributed by atoms with Crippen molar-refractivity contribution in [3.8, 4) is 5.69 Å². The van der Waals surface area contributed by atoms with Crippen molar-refractivity contribution in [1.82, 2.24) is 24.3 Å². The molecule has 41 heavy (non-hydrogen) atoms. The molecule has 3 aliphatic rings. The van der Waals surface area contributed by atoms with Gasteiger partial charge in [-0.2, -0.15) is 4.98 Å². The largest absolute Gasteiger partial charge is 0.354 e. The van der Waals surface area contributed by atoms with Crippen molar-refractivity contribution >= 4 is 17.8 Å². The van der Waals surface area contributed by atoms with Crippen LogP contribution in [0.3, 0.4) is 0 Å². The summed E-state index contributed by atoms with van der Waals surface area (Å²) in [5.41, 5.74) is 12.4. The highest BCUT2D eigenvalue weighted by Crippen LogP contribution is 2.51. The molecule has 0 bridgehead atoms. The molecular formula is C30H44N8O3. The lowest BCUT2D eigenvalue weighted by Crippen LogP contribution is -2.58. The minimum Gasteiger partial charge on any atom is -0.338 e. The van der Waals surface area contributed by atoms with Gasteiger partial charge >= 0.3 is 11.7 Å². The van der Waals surface area contributed by atoms with Crippen LogP contribution in [-0.2, 0) is 11.2 Å². The van der Waals surface area contributed by atoms with Crippen LogP contribution >= 0.6 is 0 Å².